The van der Waals surface area contributed by atoms with Gasteiger partial charge in [0.05, 0.1) is 17.8 Å². The van der Waals surface area contributed by atoms with Crippen molar-refractivity contribution in [1.82, 2.24) is 0 Å². The second kappa shape index (κ2) is 6.21. The number of benzene rings is 3. The topological polar surface area (TPSA) is 78.8 Å². The molecule has 5 nitrogen and oxygen atoms in total. The third-order valence-corrected chi connectivity index (χ3v) is 5.21. The highest BCUT2D eigenvalue weighted by atomic mass is 35.5. The number of carbonyl (C=O) groups is 1. The number of ether oxygens (including phenoxy) is 1. The van der Waals surface area contributed by atoms with Crippen LogP contribution >= 0.6 is 11.6 Å². The Morgan fingerprint density at radius 2 is 1.41 bits per heavy atom. The van der Waals surface area contributed by atoms with E-state index in [0.717, 1.165) is 0 Å². The Morgan fingerprint density at radius 1 is 0.889 bits per heavy atom. The summed E-state index contributed by atoms with van der Waals surface area (Å²) in [6.45, 7) is 0. The van der Waals surface area contributed by atoms with Crippen LogP contribution in [-0.2, 0) is 10.2 Å². The second-order valence-electron chi connectivity index (χ2n) is 6.30. The maximum atomic E-state index is 13.4. The van der Waals surface area contributed by atoms with Crippen molar-refractivity contribution in [1.29, 1.82) is 0 Å². The molecule has 1 aliphatic rings. The van der Waals surface area contributed by atoms with Crippen molar-refractivity contribution in [2.24, 2.45) is 0 Å². The van der Waals surface area contributed by atoms with Crippen LogP contribution in [0.25, 0.3) is 0 Å². The van der Waals surface area contributed by atoms with Gasteiger partial charge >= 0.3 is 0 Å². The molecule has 0 aromatic heterocycles. The van der Waals surface area contributed by atoms with Crippen molar-refractivity contribution in [3.05, 3.63) is 82.4 Å². The molecular weight excluding hydrogens is 366 g/mol. The maximum absolute atomic E-state index is 13.4. The normalized spacial score (nSPS) is 14.5. The van der Waals surface area contributed by atoms with Crippen LogP contribution in [0.1, 0.15) is 16.7 Å². The van der Waals surface area contributed by atoms with E-state index in [1.165, 1.54) is 31.4 Å². The zero-order valence-corrected chi connectivity index (χ0v) is 15.1. The number of phenols is 2. The van der Waals surface area contributed by atoms with Crippen LogP contribution in [-0.4, -0.2) is 23.2 Å². The lowest BCUT2D eigenvalue weighted by molar-refractivity contribution is -0.118. The van der Waals surface area contributed by atoms with Gasteiger partial charge in [0.25, 0.3) is 0 Å². The minimum Gasteiger partial charge on any atom is -0.508 e. The van der Waals surface area contributed by atoms with E-state index in [0.29, 0.717) is 33.1 Å². The molecule has 0 radical (unpaired) electrons. The largest absolute Gasteiger partial charge is 0.508 e. The fraction of sp³-hybridized carbons (Fsp3) is 0.0952. The van der Waals surface area contributed by atoms with E-state index in [2.05, 4.69) is 5.32 Å². The van der Waals surface area contributed by atoms with E-state index < -0.39 is 5.41 Å². The van der Waals surface area contributed by atoms with Gasteiger partial charge in [0.1, 0.15) is 22.7 Å². The third kappa shape index (κ3) is 2.43. The lowest BCUT2D eigenvalue weighted by Gasteiger charge is -2.30. The Labute approximate surface area is 160 Å². The molecule has 6 heteroatoms. The summed E-state index contributed by atoms with van der Waals surface area (Å²) in [5.74, 6) is 0.404. The molecule has 0 atom stereocenters. The fourth-order valence-corrected chi connectivity index (χ4v) is 3.89. The van der Waals surface area contributed by atoms with Gasteiger partial charge in [-0.25, -0.2) is 0 Å². The van der Waals surface area contributed by atoms with Crippen LogP contribution in [0.2, 0.25) is 5.02 Å². The SMILES string of the molecule is COc1ccc(Cl)c2c1C(c1ccc(O)cc1)(c1ccc(O)cc1)C(=O)N2. The Hall–Kier alpha value is -3.18. The van der Waals surface area contributed by atoms with Crippen LogP contribution in [0.3, 0.4) is 0 Å². The number of amides is 1. The van der Waals surface area contributed by atoms with Gasteiger partial charge in [-0.1, -0.05) is 35.9 Å². The van der Waals surface area contributed by atoms with Gasteiger partial charge in [0, 0.05) is 5.56 Å². The first-order chi connectivity index (χ1) is 13.0. The third-order valence-electron chi connectivity index (χ3n) is 4.89. The van der Waals surface area contributed by atoms with Crippen molar-refractivity contribution >= 4 is 23.2 Å². The molecule has 1 heterocycles. The number of rotatable bonds is 3. The maximum Gasteiger partial charge on any atom is 0.244 e. The number of hydrogen-bond donors (Lipinski definition) is 3. The summed E-state index contributed by atoms with van der Waals surface area (Å²) in [6, 6.07) is 16.3. The van der Waals surface area contributed by atoms with Gasteiger partial charge in [0.15, 0.2) is 0 Å². The number of hydrogen-bond acceptors (Lipinski definition) is 4. The van der Waals surface area contributed by atoms with E-state index in [9.17, 15) is 15.0 Å². The molecule has 0 unspecified atom stereocenters. The second-order valence-corrected chi connectivity index (χ2v) is 6.70. The Morgan fingerprint density at radius 3 is 1.89 bits per heavy atom. The summed E-state index contributed by atoms with van der Waals surface area (Å²) in [6.07, 6.45) is 0. The van der Waals surface area contributed by atoms with E-state index in [1.54, 1.807) is 36.4 Å². The quantitative estimate of drug-likeness (QED) is 0.639. The van der Waals surface area contributed by atoms with Gasteiger partial charge in [-0.05, 0) is 47.5 Å². The van der Waals surface area contributed by atoms with Crippen LogP contribution in [0, 0.1) is 0 Å². The molecule has 0 bridgehead atoms. The molecular formula is C21H16ClNO4. The fourth-order valence-electron chi connectivity index (χ4n) is 3.68. The van der Waals surface area contributed by atoms with E-state index in [1.807, 2.05) is 0 Å². The smallest absolute Gasteiger partial charge is 0.244 e. The number of phenolic OH excluding ortho intramolecular Hbond substituents is 2. The van der Waals surface area contributed by atoms with Gasteiger partial charge in [-0.2, -0.15) is 0 Å². The molecule has 1 aliphatic heterocycles. The minimum atomic E-state index is -1.24. The minimum absolute atomic E-state index is 0.0938. The number of halogens is 1. The monoisotopic (exact) mass is 381 g/mol. The predicted octanol–water partition coefficient (Wildman–Crippen LogP) is 4.05. The molecule has 0 fully saturated rings. The van der Waals surface area contributed by atoms with Gasteiger partial charge in [-0.15, -0.1) is 0 Å². The number of aromatic hydroxyl groups is 2. The molecule has 0 saturated carbocycles. The average molecular weight is 382 g/mol. The van der Waals surface area contributed by atoms with Crippen molar-refractivity contribution < 1.29 is 19.7 Å². The summed E-state index contributed by atoms with van der Waals surface area (Å²) >= 11 is 6.37. The number of fused-ring (bicyclic) bond motifs is 1. The number of anilines is 1. The summed E-state index contributed by atoms with van der Waals surface area (Å²) < 4.78 is 5.56. The Bertz CT molecular complexity index is 984. The highest BCUT2D eigenvalue weighted by Crippen LogP contribution is 2.53. The summed E-state index contributed by atoms with van der Waals surface area (Å²) in [7, 11) is 1.53. The molecule has 1 amide bonds. The van der Waals surface area contributed by atoms with E-state index in [4.69, 9.17) is 16.3 Å². The first-order valence-electron chi connectivity index (χ1n) is 8.26. The Kier molecular flexibility index (Phi) is 3.97. The molecule has 0 saturated heterocycles. The lowest BCUT2D eigenvalue weighted by atomic mass is 9.70. The first kappa shape index (κ1) is 17.2. The molecule has 0 spiro atoms. The highest BCUT2D eigenvalue weighted by Gasteiger charge is 2.52. The molecule has 3 N–H and O–H groups in total. The number of carbonyl (C=O) groups excluding carboxylic acids is 1. The molecule has 4 rings (SSSR count). The van der Waals surface area contributed by atoms with Gasteiger partial charge < -0.3 is 20.3 Å². The van der Waals surface area contributed by atoms with Gasteiger partial charge in [-0.3, -0.25) is 4.79 Å². The molecule has 3 aromatic carbocycles. The molecule has 3 aromatic rings. The highest BCUT2D eigenvalue weighted by molar-refractivity contribution is 6.35. The predicted molar refractivity (Wildman–Crippen MR) is 103 cm³/mol. The molecule has 136 valence electrons. The molecule has 27 heavy (non-hydrogen) atoms. The number of nitrogens with one attached hydrogen (secondary N) is 1. The van der Waals surface area contributed by atoms with Crippen molar-refractivity contribution in [3.8, 4) is 17.2 Å². The Balaban J connectivity index is 2.13. The van der Waals surface area contributed by atoms with Crippen molar-refractivity contribution in [2.75, 3.05) is 12.4 Å². The van der Waals surface area contributed by atoms with Crippen LogP contribution in [0.4, 0.5) is 5.69 Å². The summed E-state index contributed by atoms with van der Waals surface area (Å²) in [5.41, 5.74) is 1.12. The standard InChI is InChI=1S/C21H16ClNO4/c1-27-17-11-10-16(22)19-18(17)21(20(26)23-19,12-2-6-14(24)7-3-12)13-4-8-15(25)9-5-13/h2-11,24-25H,1H3,(H,23,26). The average Bonchev–Trinajstić information content (AvgIpc) is 2.98. The first-order valence-corrected chi connectivity index (χ1v) is 8.63. The number of methoxy groups -OCH3 is 1. The zero-order chi connectivity index (χ0) is 19.2. The van der Waals surface area contributed by atoms with Crippen LogP contribution in [0.15, 0.2) is 60.7 Å². The van der Waals surface area contributed by atoms with Crippen molar-refractivity contribution in [2.45, 2.75) is 5.41 Å². The zero-order valence-electron chi connectivity index (χ0n) is 14.4. The van der Waals surface area contributed by atoms with E-state index >= 15 is 0 Å². The van der Waals surface area contributed by atoms with Crippen LogP contribution < -0.4 is 10.1 Å². The van der Waals surface area contributed by atoms with E-state index in [-0.39, 0.29) is 17.4 Å². The summed E-state index contributed by atoms with van der Waals surface area (Å²) in [4.78, 5) is 13.4. The van der Waals surface area contributed by atoms with Crippen LogP contribution in [0.5, 0.6) is 17.2 Å². The summed E-state index contributed by atoms with van der Waals surface area (Å²) in [5, 5.41) is 22.7. The molecule has 0 aliphatic carbocycles. The van der Waals surface area contributed by atoms with Crippen molar-refractivity contribution in [3.63, 3.8) is 0 Å². The lowest BCUT2D eigenvalue weighted by Crippen LogP contribution is -2.37. The van der Waals surface area contributed by atoms with Gasteiger partial charge in [0.2, 0.25) is 5.91 Å².